The third kappa shape index (κ3) is 4.53. The molecule has 0 spiro atoms. The first-order valence-corrected chi connectivity index (χ1v) is 9.53. The highest BCUT2D eigenvalue weighted by atomic mass is 16.5. The summed E-state index contributed by atoms with van der Waals surface area (Å²) >= 11 is 0. The van der Waals surface area contributed by atoms with Gasteiger partial charge in [0.15, 0.2) is 0 Å². The van der Waals surface area contributed by atoms with Gasteiger partial charge in [-0.25, -0.2) is 0 Å². The van der Waals surface area contributed by atoms with E-state index in [2.05, 4.69) is 22.2 Å². The van der Waals surface area contributed by atoms with Gasteiger partial charge in [-0.05, 0) is 70.9 Å². The van der Waals surface area contributed by atoms with E-state index in [-0.39, 0.29) is 11.9 Å². The molecule has 2 aliphatic rings. The molecule has 25 heavy (non-hydrogen) atoms. The molecule has 1 N–H and O–H groups in total. The predicted molar refractivity (Wildman–Crippen MR) is 100 cm³/mol. The molecule has 3 rings (SSSR count). The molecule has 5 heteroatoms. The summed E-state index contributed by atoms with van der Waals surface area (Å²) < 4.78 is 5.61. The molecule has 2 fully saturated rings. The van der Waals surface area contributed by atoms with Gasteiger partial charge in [0.2, 0.25) is 0 Å². The molecule has 1 aromatic carbocycles. The molecule has 0 saturated carbocycles. The van der Waals surface area contributed by atoms with Crippen LogP contribution in [-0.2, 0) is 0 Å². The maximum absolute atomic E-state index is 12.6. The number of aryl methyl sites for hydroxylation is 1. The third-order valence-corrected chi connectivity index (χ3v) is 5.51. The molecule has 0 bridgehead atoms. The lowest BCUT2D eigenvalue weighted by atomic mass is 10.0. The van der Waals surface area contributed by atoms with E-state index in [1.807, 2.05) is 32.0 Å². The van der Waals surface area contributed by atoms with Gasteiger partial charge in [-0.15, -0.1) is 0 Å². The van der Waals surface area contributed by atoms with Crippen molar-refractivity contribution in [1.29, 1.82) is 0 Å². The number of benzene rings is 1. The van der Waals surface area contributed by atoms with Gasteiger partial charge in [0.05, 0.1) is 6.61 Å². The van der Waals surface area contributed by atoms with Crippen LogP contribution in [0.25, 0.3) is 0 Å². The second-order valence-corrected chi connectivity index (χ2v) is 7.40. The third-order valence-electron chi connectivity index (χ3n) is 5.51. The van der Waals surface area contributed by atoms with Gasteiger partial charge in [0, 0.05) is 30.7 Å². The van der Waals surface area contributed by atoms with E-state index >= 15 is 0 Å². The largest absolute Gasteiger partial charge is 0.494 e. The number of hydrogen-bond acceptors (Lipinski definition) is 4. The van der Waals surface area contributed by atoms with Crippen molar-refractivity contribution >= 4 is 5.91 Å². The zero-order valence-corrected chi connectivity index (χ0v) is 15.8. The number of nitrogens with one attached hydrogen (secondary N) is 1. The average molecular weight is 345 g/mol. The van der Waals surface area contributed by atoms with Gasteiger partial charge in [-0.3, -0.25) is 9.69 Å². The zero-order chi connectivity index (χ0) is 17.8. The molecule has 0 unspecified atom stereocenters. The van der Waals surface area contributed by atoms with Gasteiger partial charge in [-0.1, -0.05) is 6.07 Å². The maximum atomic E-state index is 12.6. The summed E-state index contributed by atoms with van der Waals surface area (Å²) in [5, 5.41) is 3.22. The molecule has 1 aromatic rings. The van der Waals surface area contributed by atoms with Gasteiger partial charge in [-0.2, -0.15) is 0 Å². The number of carbonyl (C=O) groups is 1. The molecule has 0 radical (unpaired) electrons. The van der Waals surface area contributed by atoms with Crippen molar-refractivity contribution in [1.82, 2.24) is 15.1 Å². The van der Waals surface area contributed by atoms with Crippen molar-refractivity contribution in [3.63, 3.8) is 0 Å². The van der Waals surface area contributed by atoms with Gasteiger partial charge in [0.1, 0.15) is 5.75 Å². The molecule has 138 valence electrons. The smallest absolute Gasteiger partial charge is 0.251 e. The molecule has 5 nitrogen and oxygen atoms in total. The molecule has 2 saturated heterocycles. The summed E-state index contributed by atoms with van der Waals surface area (Å²) in [6.45, 7) is 9.01. The van der Waals surface area contributed by atoms with Gasteiger partial charge >= 0.3 is 0 Å². The molecule has 1 atom stereocenters. The Hall–Kier alpha value is -1.59. The highest BCUT2D eigenvalue weighted by Crippen LogP contribution is 2.22. The highest BCUT2D eigenvalue weighted by Gasteiger charge is 2.30. The number of ether oxygens (including phenoxy) is 1. The summed E-state index contributed by atoms with van der Waals surface area (Å²) in [6, 6.07) is 6.64. The van der Waals surface area contributed by atoms with Crippen molar-refractivity contribution in [2.75, 3.05) is 39.8 Å². The highest BCUT2D eigenvalue weighted by molar-refractivity contribution is 5.95. The Morgan fingerprint density at radius 3 is 2.72 bits per heavy atom. The van der Waals surface area contributed by atoms with Crippen LogP contribution in [-0.4, -0.2) is 67.6 Å². The Bertz CT molecular complexity index is 597. The van der Waals surface area contributed by atoms with Crippen molar-refractivity contribution in [2.24, 2.45) is 0 Å². The Kier molecular flexibility index (Phi) is 5.97. The molecular formula is C20H31N3O2. The molecule has 0 aromatic heterocycles. The van der Waals surface area contributed by atoms with Gasteiger partial charge < -0.3 is 15.0 Å². The number of hydrogen-bond donors (Lipinski definition) is 1. The van der Waals surface area contributed by atoms with E-state index in [9.17, 15) is 4.79 Å². The second-order valence-electron chi connectivity index (χ2n) is 7.40. The normalized spacial score (nSPS) is 22.9. The van der Waals surface area contributed by atoms with Crippen molar-refractivity contribution < 1.29 is 9.53 Å². The summed E-state index contributed by atoms with van der Waals surface area (Å²) in [7, 11) is 2.20. The van der Waals surface area contributed by atoms with E-state index in [0.717, 1.165) is 30.8 Å². The second kappa shape index (κ2) is 8.19. The fraction of sp³-hybridized carbons (Fsp3) is 0.650. The van der Waals surface area contributed by atoms with E-state index in [4.69, 9.17) is 4.74 Å². The minimum atomic E-state index is 0.0104. The van der Waals surface area contributed by atoms with Crippen LogP contribution in [0, 0.1) is 6.92 Å². The quantitative estimate of drug-likeness (QED) is 0.889. The van der Waals surface area contributed by atoms with Crippen LogP contribution >= 0.6 is 0 Å². The summed E-state index contributed by atoms with van der Waals surface area (Å²) in [4.78, 5) is 17.6. The summed E-state index contributed by atoms with van der Waals surface area (Å²) in [5.74, 6) is 0.811. The molecule has 0 aliphatic carbocycles. The maximum Gasteiger partial charge on any atom is 0.251 e. The lowest BCUT2D eigenvalue weighted by molar-refractivity contribution is 0.0931. The number of amides is 1. The monoisotopic (exact) mass is 345 g/mol. The van der Waals surface area contributed by atoms with Gasteiger partial charge in [0.25, 0.3) is 5.91 Å². The standard InChI is InChI=1S/C20H31N3O2/c1-4-25-19-13-16(6-5-15(19)2)20(24)21-17-7-12-23(14-17)18-8-10-22(3)11-9-18/h5-6,13,17-18H,4,7-12,14H2,1-3H3,(H,21,24)/t17-/m0/s1. The predicted octanol–water partition coefficient (Wildman–Crippen LogP) is 2.29. The van der Waals surface area contributed by atoms with Crippen LogP contribution in [0.3, 0.4) is 0 Å². The minimum absolute atomic E-state index is 0.0104. The lowest BCUT2D eigenvalue weighted by Crippen LogP contribution is -2.44. The van der Waals surface area contributed by atoms with E-state index in [1.54, 1.807) is 0 Å². The topological polar surface area (TPSA) is 44.8 Å². The van der Waals surface area contributed by atoms with E-state index < -0.39 is 0 Å². The van der Waals surface area contributed by atoms with Crippen LogP contribution in [0.5, 0.6) is 5.75 Å². The number of nitrogens with zero attached hydrogens (tertiary/aromatic N) is 2. The van der Waals surface area contributed by atoms with Crippen LogP contribution in [0.15, 0.2) is 18.2 Å². The summed E-state index contributed by atoms with van der Waals surface area (Å²) in [5.41, 5.74) is 1.75. The van der Waals surface area contributed by atoms with E-state index in [0.29, 0.717) is 18.2 Å². The Balaban J connectivity index is 1.54. The fourth-order valence-electron chi connectivity index (χ4n) is 3.92. The van der Waals surface area contributed by atoms with Crippen molar-refractivity contribution in [2.45, 2.75) is 45.2 Å². The van der Waals surface area contributed by atoms with Crippen LogP contribution in [0.2, 0.25) is 0 Å². The first-order chi connectivity index (χ1) is 12.1. The first kappa shape index (κ1) is 18.2. The Morgan fingerprint density at radius 2 is 2.00 bits per heavy atom. The number of carbonyl (C=O) groups excluding carboxylic acids is 1. The summed E-state index contributed by atoms with van der Waals surface area (Å²) in [6.07, 6.45) is 3.53. The number of rotatable bonds is 5. The fourth-order valence-corrected chi connectivity index (χ4v) is 3.92. The first-order valence-electron chi connectivity index (χ1n) is 9.53. The molecule has 2 heterocycles. The van der Waals surface area contributed by atoms with Crippen molar-refractivity contribution in [3.8, 4) is 5.75 Å². The number of likely N-dealkylation sites (tertiary alicyclic amines) is 2. The van der Waals surface area contributed by atoms with Crippen molar-refractivity contribution in [3.05, 3.63) is 29.3 Å². The molecular weight excluding hydrogens is 314 g/mol. The Morgan fingerprint density at radius 1 is 1.24 bits per heavy atom. The number of piperidine rings is 1. The Labute approximate surface area is 151 Å². The SMILES string of the molecule is CCOc1cc(C(=O)N[C@H]2CCN(C3CCN(C)CC3)C2)ccc1C. The lowest BCUT2D eigenvalue weighted by Gasteiger charge is -2.35. The molecule has 1 amide bonds. The zero-order valence-electron chi connectivity index (χ0n) is 15.8. The van der Waals surface area contributed by atoms with Crippen LogP contribution < -0.4 is 10.1 Å². The molecule has 2 aliphatic heterocycles. The van der Waals surface area contributed by atoms with Crippen LogP contribution in [0.4, 0.5) is 0 Å². The average Bonchev–Trinajstić information content (AvgIpc) is 3.06. The van der Waals surface area contributed by atoms with Crippen LogP contribution in [0.1, 0.15) is 42.1 Å². The minimum Gasteiger partial charge on any atom is -0.494 e. The van der Waals surface area contributed by atoms with E-state index in [1.165, 1.54) is 25.9 Å².